The molecule has 0 bridgehead atoms. The van der Waals surface area contributed by atoms with E-state index in [9.17, 15) is 19.4 Å². The minimum atomic E-state index is -1.85. The van der Waals surface area contributed by atoms with E-state index in [0.29, 0.717) is 4.57 Å². The molecule has 5 atom stereocenters. The molecule has 1 aromatic heterocycles. The van der Waals surface area contributed by atoms with Gasteiger partial charge in [-0.05, 0) is 18.5 Å². The summed E-state index contributed by atoms with van der Waals surface area (Å²) in [5.74, 6) is 0.773. The van der Waals surface area contributed by atoms with Gasteiger partial charge in [-0.2, -0.15) is 4.98 Å². The second-order valence-corrected chi connectivity index (χ2v) is 5.14. The lowest BCUT2D eigenvalue weighted by Crippen LogP contribution is -2.55. The Kier molecular flexibility index (Phi) is 4.42. The van der Waals surface area contributed by atoms with Crippen molar-refractivity contribution in [3.63, 3.8) is 0 Å². The fourth-order valence-electron chi connectivity index (χ4n) is 2.27. The highest BCUT2D eigenvalue weighted by Crippen LogP contribution is 2.37. The van der Waals surface area contributed by atoms with Gasteiger partial charge in [-0.1, -0.05) is 5.92 Å². The summed E-state index contributed by atoms with van der Waals surface area (Å²) in [5, 5.41) is 21.9. The SMILES string of the molecule is C[C@@H](O)[C@H]1O[C@@H](n2cc(F)c(N)nc2=O)C(N)(C#CCl)[C@H]1O. The van der Waals surface area contributed by atoms with Crippen molar-refractivity contribution >= 4 is 17.4 Å². The van der Waals surface area contributed by atoms with Crippen LogP contribution in [0.1, 0.15) is 13.2 Å². The van der Waals surface area contributed by atoms with E-state index in [1.807, 2.05) is 5.38 Å². The molecule has 1 aliphatic heterocycles. The van der Waals surface area contributed by atoms with Crippen LogP contribution in [0.4, 0.5) is 10.2 Å². The summed E-state index contributed by atoms with van der Waals surface area (Å²) < 4.78 is 19.7. The number of nitrogens with zero attached hydrogens (tertiary/aromatic N) is 2. The number of aliphatic hydroxyl groups excluding tert-OH is 2. The van der Waals surface area contributed by atoms with E-state index in [1.165, 1.54) is 6.92 Å². The minimum absolute atomic E-state index is 0.585. The van der Waals surface area contributed by atoms with Gasteiger partial charge in [-0.25, -0.2) is 9.18 Å². The third-order valence-electron chi connectivity index (χ3n) is 3.42. The number of nitrogen functional groups attached to an aromatic ring is 1. The Labute approximate surface area is 129 Å². The van der Waals surface area contributed by atoms with Gasteiger partial charge in [-0.3, -0.25) is 4.57 Å². The molecule has 2 rings (SSSR count). The topological polar surface area (TPSA) is 137 Å². The maximum absolute atomic E-state index is 13.6. The number of aliphatic hydroxyl groups is 2. The molecule has 0 aliphatic carbocycles. The standard InChI is InChI=1S/C12H14ClFN4O4/c1-5(19)7-8(20)12(16,2-3-13)10(22-7)18-4-6(14)9(15)17-11(18)21/h4-5,7-8,10,19-20H,16H2,1H3,(H2,15,17,21)/t5-,7-,8+,10-,12?/m1/s1. The fraction of sp³-hybridized carbons (Fsp3) is 0.500. The Morgan fingerprint density at radius 2 is 2.32 bits per heavy atom. The molecule has 1 fully saturated rings. The van der Waals surface area contributed by atoms with Crippen molar-refractivity contribution in [3.05, 3.63) is 22.5 Å². The molecule has 0 radical (unpaired) electrons. The Morgan fingerprint density at radius 3 is 2.86 bits per heavy atom. The molecule has 0 saturated carbocycles. The van der Waals surface area contributed by atoms with Gasteiger partial charge in [0.05, 0.1) is 12.3 Å². The van der Waals surface area contributed by atoms with Gasteiger partial charge < -0.3 is 26.4 Å². The van der Waals surface area contributed by atoms with Gasteiger partial charge in [0.1, 0.15) is 12.2 Å². The number of hydrogen-bond donors (Lipinski definition) is 4. The van der Waals surface area contributed by atoms with Crippen molar-refractivity contribution < 1.29 is 19.3 Å². The highest BCUT2D eigenvalue weighted by atomic mass is 35.5. The number of rotatable bonds is 2. The first-order valence-corrected chi connectivity index (χ1v) is 6.57. The molecule has 1 saturated heterocycles. The second kappa shape index (κ2) is 5.83. The third kappa shape index (κ3) is 2.55. The average Bonchev–Trinajstić information content (AvgIpc) is 2.68. The van der Waals surface area contributed by atoms with Crippen LogP contribution in [0.5, 0.6) is 0 Å². The van der Waals surface area contributed by atoms with Crippen LogP contribution in [0.2, 0.25) is 0 Å². The normalized spacial score (nSPS) is 32.4. The number of anilines is 1. The molecule has 1 aromatic rings. The van der Waals surface area contributed by atoms with E-state index in [0.717, 1.165) is 6.20 Å². The summed E-state index contributed by atoms with van der Waals surface area (Å²) in [7, 11) is 0. The Balaban J connectivity index is 2.59. The molecule has 22 heavy (non-hydrogen) atoms. The molecule has 8 nitrogen and oxygen atoms in total. The number of halogens is 2. The molecule has 0 spiro atoms. The van der Waals surface area contributed by atoms with Crippen LogP contribution in [0.15, 0.2) is 11.0 Å². The highest BCUT2D eigenvalue weighted by Gasteiger charge is 2.56. The number of aromatic nitrogens is 2. The summed E-state index contributed by atoms with van der Waals surface area (Å²) in [5.41, 5.74) is 8.40. The van der Waals surface area contributed by atoms with Crippen molar-refractivity contribution in [2.24, 2.45) is 5.73 Å². The van der Waals surface area contributed by atoms with Gasteiger partial charge >= 0.3 is 5.69 Å². The Hall–Kier alpha value is -1.70. The minimum Gasteiger partial charge on any atom is -0.391 e. The van der Waals surface area contributed by atoms with Gasteiger partial charge in [0.15, 0.2) is 23.4 Å². The van der Waals surface area contributed by atoms with Gasteiger partial charge in [0.2, 0.25) is 0 Å². The van der Waals surface area contributed by atoms with Crippen LogP contribution in [0.25, 0.3) is 0 Å². The molecule has 10 heteroatoms. The van der Waals surface area contributed by atoms with Crippen LogP contribution in [-0.4, -0.2) is 43.6 Å². The maximum Gasteiger partial charge on any atom is 0.351 e. The van der Waals surface area contributed by atoms with Crippen LogP contribution >= 0.6 is 11.6 Å². The predicted octanol–water partition coefficient (Wildman–Crippen LogP) is -1.50. The predicted molar refractivity (Wildman–Crippen MR) is 75.0 cm³/mol. The molecule has 1 aliphatic rings. The van der Waals surface area contributed by atoms with Gasteiger partial charge in [0.25, 0.3) is 0 Å². The van der Waals surface area contributed by atoms with Crippen molar-refractivity contribution in [2.45, 2.75) is 37.0 Å². The zero-order valence-electron chi connectivity index (χ0n) is 11.4. The summed E-state index contributed by atoms with van der Waals surface area (Å²) in [6.45, 7) is 1.36. The van der Waals surface area contributed by atoms with Crippen molar-refractivity contribution in [1.82, 2.24) is 9.55 Å². The smallest absolute Gasteiger partial charge is 0.351 e. The molecule has 2 heterocycles. The van der Waals surface area contributed by atoms with Crippen molar-refractivity contribution in [2.75, 3.05) is 5.73 Å². The summed E-state index contributed by atoms with van der Waals surface area (Å²) >= 11 is 5.35. The Bertz CT molecular complexity index is 701. The third-order valence-corrected chi connectivity index (χ3v) is 3.52. The molecule has 120 valence electrons. The molecule has 6 N–H and O–H groups in total. The second-order valence-electron chi connectivity index (χ2n) is 4.95. The number of hydrogen-bond acceptors (Lipinski definition) is 7. The largest absolute Gasteiger partial charge is 0.391 e. The van der Waals surface area contributed by atoms with Gasteiger partial charge in [0, 0.05) is 5.38 Å². The summed E-state index contributed by atoms with van der Waals surface area (Å²) in [6.07, 6.45) is -4.42. The van der Waals surface area contributed by atoms with Crippen LogP contribution < -0.4 is 17.2 Å². The van der Waals surface area contributed by atoms with Crippen molar-refractivity contribution in [3.8, 4) is 11.3 Å². The van der Waals surface area contributed by atoms with Crippen LogP contribution in [0, 0.1) is 17.1 Å². The molecule has 0 aromatic carbocycles. The highest BCUT2D eigenvalue weighted by molar-refractivity contribution is 6.30. The van der Waals surface area contributed by atoms with Gasteiger partial charge in [-0.15, -0.1) is 0 Å². The monoisotopic (exact) mass is 332 g/mol. The average molecular weight is 333 g/mol. The lowest BCUT2D eigenvalue weighted by Gasteiger charge is -2.27. The zero-order valence-corrected chi connectivity index (χ0v) is 12.2. The fourth-order valence-corrected chi connectivity index (χ4v) is 2.43. The van der Waals surface area contributed by atoms with E-state index in [1.54, 1.807) is 0 Å². The quantitative estimate of drug-likeness (QED) is 0.484. The first-order valence-electron chi connectivity index (χ1n) is 6.19. The molecule has 1 unspecified atom stereocenters. The van der Waals surface area contributed by atoms with E-state index in [4.69, 9.17) is 27.8 Å². The van der Waals surface area contributed by atoms with E-state index in [-0.39, 0.29) is 0 Å². The van der Waals surface area contributed by atoms with Crippen LogP contribution in [-0.2, 0) is 4.74 Å². The van der Waals surface area contributed by atoms with E-state index >= 15 is 0 Å². The lowest BCUT2D eigenvalue weighted by atomic mass is 9.90. The first-order chi connectivity index (χ1) is 10.2. The summed E-state index contributed by atoms with van der Waals surface area (Å²) in [4.78, 5) is 15.2. The van der Waals surface area contributed by atoms with E-state index in [2.05, 4.69) is 10.9 Å². The number of nitrogens with two attached hydrogens (primary N) is 2. The number of ether oxygens (including phenoxy) is 1. The Morgan fingerprint density at radius 1 is 1.68 bits per heavy atom. The molecular weight excluding hydrogens is 319 g/mol. The maximum atomic E-state index is 13.6. The zero-order chi connectivity index (χ0) is 16.7. The van der Waals surface area contributed by atoms with Crippen molar-refractivity contribution in [1.29, 1.82) is 0 Å². The first kappa shape index (κ1) is 16.7. The lowest BCUT2D eigenvalue weighted by molar-refractivity contribution is -0.0780. The van der Waals surface area contributed by atoms with Crippen LogP contribution in [0.3, 0.4) is 0 Å². The van der Waals surface area contributed by atoms with E-state index < -0.39 is 47.4 Å². The molecule has 0 amide bonds. The summed E-state index contributed by atoms with van der Waals surface area (Å²) in [6, 6.07) is 0. The molecular formula is C12H14ClFN4O4.